The summed E-state index contributed by atoms with van der Waals surface area (Å²) in [5, 5.41) is 10.9. The summed E-state index contributed by atoms with van der Waals surface area (Å²) < 4.78 is 16.4. The van der Waals surface area contributed by atoms with Crippen LogP contribution in [0.1, 0.15) is 33.6 Å². The molecule has 26 heavy (non-hydrogen) atoms. The van der Waals surface area contributed by atoms with Crippen LogP contribution in [0.5, 0.6) is 0 Å². The third-order valence-electron chi connectivity index (χ3n) is 6.09. The number of hydrogen-bond donors (Lipinski definition) is 1. The highest BCUT2D eigenvalue weighted by atomic mass is 16.6. The van der Waals surface area contributed by atoms with Crippen molar-refractivity contribution < 1.29 is 33.7 Å². The molecule has 142 valence electrons. The molecule has 7 heteroatoms. The van der Waals surface area contributed by atoms with Gasteiger partial charge in [0.1, 0.15) is 18.3 Å². The van der Waals surface area contributed by atoms with Crippen LogP contribution in [-0.4, -0.2) is 47.4 Å². The summed E-state index contributed by atoms with van der Waals surface area (Å²) in [5.41, 5.74) is -0.0317. The minimum absolute atomic E-state index is 0.203. The fourth-order valence-electron chi connectivity index (χ4n) is 4.79. The molecule has 2 aliphatic carbocycles. The summed E-state index contributed by atoms with van der Waals surface area (Å²) in [6.45, 7) is 12.3. The number of ether oxygens (including phenoxy) is 3. The molecule has 3 aliphatic rings. The molecule has 1 saturated heterocycles. The second-order valence-electron chi connectivity index (χ2n) is 7.60. The van der Waals surface area contributed by atoms with Gasteiger partial charge in [0.05, 0.1) is 6.10 Å². The first kappa shape index (κ1) is 18.6. The predicted octanol–water partition coefficient (Wildman–Crippen LogP) is 1.29. The minimum atomic E-state index is -0.911. The van der Waals surface area contributed by atoms with E-state index in [-0.39, 0.29) is 18.8 Å². The van der Waals surface area contributed by atoms with Gasteiger partial charge in [-0.15, -0.1) is 0 Å². The average molecular weight is 364 g/mol. The minimum Gasteiger partial charge on any atom is -0.462 e. The van der Waals surface area contributed by atoms with Gasteiger partial charge in [-0.25, -0.2) is 4.79 Å². The fourth-order valence-corrected chi connectivity index (χ4v) is 4.79. The molecule has 7 nitrogen and oxygen atoms in total. The molecule has 0 aromatic carbocycles. The van der Waals surface area contributed by atoms with Gasteiger partial charge in [0.25, 0.3) is 0 Å². The Morgan fingerprint density at radius 1 is 1.19 bits per heavy atom. The lowest BCUT2D eigenvalue weighted by Crippen LogP contribution is -2.63. The number of carbonyl (C=O) groups is 3. The van der Waals surface area contributed by atoms with E-state index in [0.29, 0.717) is 11.1 Å². The van der Waals surface area contributed by atoms with E-state index in [4.69, 9.17) is 14.2 Å². The maximum Gasteiger partial charge on any atom is 0.334 e. The number of rotatable bonds is 2. The van der Waals surface area contributed by atoms with Crippen LogP contribution in [0.3, 0.4) is 0 Å². The van der Waals surface area contributed by atoms with Crippen LogP contribution in [0, 0.1) is 17.3 Å². The third kappa shape index (κ3) is 2.65. The number of aliphatic hydroxyl groups is 1. The highest BCUT2D eigenvalue weighted by molar-refractivity contribution is 5.91. The van der Waals surface area contributed by atoms with Gasteiger partial charge in [-0.2, -0.15) is 0 Å². The Balaban J connectivity index is 2.06. The Hall–Kier alpha value is -2.15. The van der Waals surface area contributed by atoms with Crippen molar-refractivity contribution in [3.8, 4) is 0 Å². The van der Waals surface area contributed by atoms with E-state index in [0.717, 1.165) is 0 Å². The number of esters is 3. The van der Waals surface area contributed by atoms with Crippen molar-refractivity contribution in [3.63, 3.8) is 0 Å². The number of hydrogen-bond acceptors (Lipinski definition) is 7. The molecule has 7 atom stereocenters. The monoisotopic (exact) mass is 364 g/mol. The Morgan fingerprint density at radius 3 is 2.38 bits per heavy atom. The zero-order valence-electron chi connectivity index (χ0n) is 15.2. The van der Waals surface area contributed by atoms with Crippen LogP contribution in [0.25, 0.3) is 0 Å². The number of carbonyl (C=O) groups excluding carboxylic acids is 3. The van der Waals surface area contributed by atoms with E-state index in [2.05, 4.69) is 13.2 Å². The molecule has 1 aliphatic heterocycles. The van der Waals surface area contributed by atoms with Crippen molar-refractivity contribution in [2.24, 2.45) is 17.3 Å². The van der Waals surface area contributed by atoms with Gasteiger partial charge >= 0.3 is 17.9 Å². The van der Waals surface area contributed by atoms with Gasteiger partial charge < -0.3 is 19.3 Å². The normalized spacial score (nSPS) is 41.8. The Labute approximate surface area is 152 Å². The Morgan fingerprint density at radius 2 is 1.81 bits per heavy atom. The number of aliphatic hydroxyl groups excluding tert-OH is 1. The molecule has 7 unspecified atom stereocenters. The molecular formula is C19H24O7. The smallest absolute Gasteiger partial charge is 0.334 e. The molecule has 1 N–H and O–H groups in total. The van der Waals surface area contributed by atoms with Crippen LogP contribution in [-0.2, 0) is 28.6 Å². The zero-order valence-corrected chi connectivity index (χ0v) is 15.2. The first-order valence-corrected chi connectivity index (χ1v) is 8.68. The first-order valence-electron chi connectivity index (χ1n) is 8.68. The standard InChI is InChI=1S/C19H24O7/c1-8-12-6-14(22)19(5)15(25-11(4)21)7-13(24-10(3)20)9(2)16(19)17(12)26-18(8)23/h12-17,22H,1-2,6-7H2,3-5H3. The van der Waals surface area contributed by atoms with E-state index in [9.17, 15) is 19.5 Å². The summed E-state index contributed by atoms with van der Waals surface area (Å²) in [6, 6.07) is 0. The maximum absolute atomic E-state index is 12.0. The summed E-state index contributed by atoms with van der Waals surface area (Å²) in [7, 11) is 0. The van der Waals surface area contributed by atoms with Crippen molar-refractivity contribution in [1.29, 1.82) is 0 Å². The van der Waals surface area contributed by atoms with E-state index in [1.54, 1.807) is 6.92 Å². The molecule has 3 fully saturated rings. The maximum atomic E-state index is 12.0. The Kier molecular flexibility index (Phi) is 4.46. The molecule has 0 bridgehead atoms. The molecule has 0 amide bonds. The van der Waals surface area contributed by atoms with Crippen LogP contribution < -0.4 is 0 Å². The molecule has 0 aromatic heterocycles. The molecule has 3 rings (SSSR count). The van der Waals surface area contributed by atoms with Crippen molar-refractivity contribution in [3.05, 3.63) is 24.3 Å². The van der Waals surface area contributed by atoms with Crippen LogP contribution in [0.4, 0.5) is 0 Å². The van der Waals surface area contributed by atoms with Gasteiger partial charge in [-0.3, -0.25) is 9.59 Å². The second-order valence-corrected chi connectivity index (χ2v) is 7.60. The lowest BCUT2D eigenvalue weighted by molar-refractivity contribution is -0.204. The number of fused-ring (bicyclic) bond motifs is 3. The van der Waals surface area contributed by atoms with Crippen molar-refractivity contribution in [2.45, 2.75) is 58.0 Å². The van der Waals surface area contributed by atoms with Crippen molar-refractivity contribution >= 4 is 17.9 Å². The van der Waals surface area contributed by atoms with E-state index >= 15 is 0 Å². The highest BCUT2D eigenvalue weighted by Crippen LogP contribution is 2.58. The van der Waals surface area contributed by atoms with Crippen LogP contribution >= 0.6 is 0 Å². The molecular weight excluding hydrogens is 340 g/mol. The van der Waals surface area contributed by atoms with Gasteiger partial charge in [0.2, 0.25) is 0 Å². The van der Waals surface area contributed by atoms with Gasteiger partial charge in [-0.05, 0) is 12.0 Å². The lowest BCUT2D eigenvalue weighted by atomic mass is 9.52. The van der Waals surface area contributed by atoms with Gasteiger partial charge in [0, 0.05) is 43.1 Å². The van der Waals surface area contributed by atoms with Crippen LogP contribution in [0.15, 0.2) is 24.3 Å². The van der Waals surface area contributed by atoms with E-state index < -0.39 is 53.7 Å². The van der Waals surface area contributed by atoms with Gasteiger partial charge in [0.15, 0.2) is 0 Å². The second kappa shape index (κ2) is 6.23. The van der Waals surface area contributed by atoms with E-state index in [1.807, 2.05) is 0 Å². The SMILES string of the molecule is C=C1C(=O)OC2C1CC(O)C1(C)C(OC(C)=O)CC(OC(C)=O)C(=C)C21. The molecule has 0 radical (unpaired) electrons. The average Bonchev–Trinajstić information content (AvgIpc) is 2.79. The van der Waals surface area contributed by atoms with E-state index in [1.165, 1.54) is 13.8 Å². The fraction of sp³-hybridized carbons (Fsp3) is 0.632. The van der Waals surface area contributed by atoms with Crippen molar-refractivity contribution in [1.82, 2.24) is 0 Å². The zero-order chi connectivity index (χ0) is 19.4. The summed E-state index contributed by atoms with van der Waals surface area (Å²) >= 11 is 0. The summed E-state index contributed by atoms with van der Waals surface area (Å²) in [6.07, 6.45) is -2.34. The molecule has 1 heterocycles. The third-order valence-corrected chi connectivity index (χ3v) is 6.09. The first-order chi connectivity index (χ1) is 12.1. The molecule has 0 aromatic rings. The predicted molar refractivity (Wildman–Crippen MR) is 89.6 cm³/mol. The lowest BCUT2D eigenvalue weighted by Gasteiger charge is -2.56. The van der Waals surface area contributed by atoms with Crippen molar-refractivity contribution in [2.75, 3.05) is 0 Å². The van der Waals surface area contributed by atoms with Crippen LogP contribution in [0.2, 0.25) is 0 Å². The molecule has 0 spiro atoms. The topological polar surface area (TPSA) is 99.1 Å². The Bertz CT molecular complexity index is 696. The largest absolute Gasteiger partial charge is 0.462 e. The summed E-state index contributed by atoms with van der Waals surface area (Å²) in [5.74, 6) is -2.35. The summed E-state index contributed by atoms with van der Waals surface area (Å²) in [4.78, 5) is 35.2. The molecule has 2 saturated carbocycles. The quantitative estimate of drug-likeness (QED) is 0.341. The highest BCUT2D eigenvalue weighted by Gasteiger charge is 2.65. The van der Waals surface area contributed by atoms with Gasteiger partial charge in [-0.1, -0.05) is 20.1 Å².